The number of alkyl halides is 2. The quantitative estimate of drug-likeness (QED) is 0.355. The number of benzene rings is 2. The Morgan fingerprint density at radius 3 is 2.53 bits per heavy atom. The molecule has 9 heteroatoms. The molecule has 0 spiro atoms. The zero-order valence-electron chi connectivity index (χ0n) is 16.8. The van der Waals surface area contributed by atoms with E-state index in [1.165, 1.54) is 17.8 Å². The van der Waals surface area contributed by atoms with Gasteiger partial charge in [-0.05, 0) is 50.2 Å². The number of carbonyl (C=O) groups excluding carboxylic acids is 1. The second-order valence-corrected chi connectivity index (χ2v) is 7.31. The highest BCUT2D eigenvalue weighted by molar-refractivity contribution is 7.99. The third-order valence-corrected chi connectivity index (χ3v) is 5.33. The van der Waals surface area contributed by atoms with E-state index in [2.05, 4.69) is 14.9 Å². The molecule has 0 N–H and O–H groups in total. The Labute approximate surface area is 177 Å². The maximum absolute atomic E-state index is 12.7. The molecule has 2 aromatic carbocycles. The van der Waals surface area contributed by atoms with Crippen molar-refractivity contribution in [3.05, 3.63) is 53.6 Å². The van der Waals surface area contributed by atoms with E-state index in [1.54, 1.807) is 26.2 Å². The van der Waals surface area contributed by atoms with Gasteiger partial charge < -0.3 is 14.0 Å². The predicted octanol–water partition coefficient (Wildman–Crippen LogP) is 4.86. The molecule has 1 heterocycles. The van der Waals surface area contributed by atoms with Crippen molar-refractivity contribution in [2.45, 2.75) is 32.2 Å². The lowest BCUT2D eigenvalue weighted by Gasteiger charge is -2.11. The number of hydrogen-bond donors (Lipinski definition) is 0. The Balaban J connectivity index is 1.78. The molecule has 0 fully saturated rings. The lowest BCUT2D eigenvalue weighted by molar-refractivity contribution is -0.0501. The van der Waals surface area contributed by atoms with Gasteiger partial charge in [0.2, 0.25) is 0 Å². The van der Waals surface area contributed by atoms with Crippen molar-refractivity contribution in [3.8, 4) is 22.9 Å². The number of carbonyl (C=O) groups is 1. The Morgan fingerprint density at radius 1 is 1.17 bits per heavy atom. The van der Waals surface area contributed by atoms with E-state index in [0.29, 0.717) is 17.5 Å². The fourth-order valence-corrected chi connectivity index (χ4v) is 3.79. The van der Waals surface area contributed by atoms with Gasteiger partial charge in [0.25, 0.3) is 0 Å². The topological polar surface area (TPSA) is 66.2 Å². The molecule has 0 aliphatic rings. The molecule has 1 aromatic heterocycles. The molecule has 0 aliphatic heterocycles. The minimum Gasteiger partial charge on any atom is -0.497 e. The molecule has 0 unspecified atom stereocenters. The standard InChI is InChI=1S/C21H21F2N3O3S/c1-4-26-19(14-6-8-15(28-3)9-7-14)24-25-21(26)30-12-17(27)16-11-13(2)5-10-18(16)29-20(22)23/h5-11,20H,4,12H2,1-3H3. The second kappa shape index (κ2) is 9.71. The number of Topliss-reactive ketones (excluding diaryl/α,β-unsaturated/α-hetero) is 1. The van der Waals surface area contributed by atoms with Gasteiger partial charge >= 0.3 is 6.61 Å². The van der Waals surface area contributed by atoms with Gasteiger partial charge in [0.05, 0.1) is 18.4 Å². The van der Waals surface area contributed by atoms with Crippen LogP contribution >= 0.6 is 11.8 Å². The SMILES string of the molecule is CCn1c(SCC(=O)c2cc(C)ccc2OC(F)F)nnc1-c1ccc(OC)cc1. The first kappa shape index (κ1) is 21.8. The summed E-state index contributed by atoms with van der Waals surface area (Å²) < 4.78 is 36.9. The number of ketones is 1. The summed E-state index contributed by atoms with van der Waals surface area (Å²) >= 11 is 1.20. The molecule has 0 radical (unpaired) electrons. The molecular formula is C21H21F2N3O3S. The van der Waals surface area contributed by atoms with E-state index < -0.39 is 6.61 Å². The predicted molar refractivity (Wildman–Crippen MR) is 111 cm³/mol. The van der Waals surface area contributed by atoms with Crippen LogP contribution in [-0.4, -0.2) is 40.0 Å². The van der Waals surface area contributed by atoms with E-state index in [4.69, 9.17) is 4.74 Å². The van der Waals surface area contributed by atoms with Crippen molar-refractivity contribution in [1.82, 2.24) is 14.8 Å². The molecule has 30 heavy (non-hydrogen) atoms. The van der Waals surface area contributed by atoms with Crippen LogP contribution in [0.1, 0.15) is 22.8 Å². The summed E-state index contributed by atoms with van der Waals surface area (Å²) in [6.45, 7) is 1.35. The van der Waals surface area contributed by atoms with Crippen LogP contribution in [0.5, 0.6) is 11.5 Å². The summed E-state index contributed by atoms with van der Waals surface area (Å²) in [5.41, 5.74) is 1.78. The first-order chi connectivity index (χ1) is 14.4. The Morgan fingerprint density at radius 2 is 1.90 bits per heavy atom. The largest absolute Gasteiger partial charge is 0.497 e. The average Bonchev–Trinajstić information content (AvgIpc) is 3.16. The number of aromatic nitrogens is 3. The van der Waals surface area contributed by atoms with Crippen molar-refractivity contribution >= 4 is 17.5 Å². The summed E-state index contributed by atoms with van der Waals surface area (Å²) in [6, 6.07) is 12.0. The summed E-state index contributed by atoms with van der Waals surface area (Å²) in [4.78, 5) is 12.7. The molecule has 3 aromatic rings. The summed E-state index contributed by atoms with van der Waals surface area (Å²) in [5, 5.41) is 9.02. The first-order valence-electron chi connectivity index (χ1n) is 9.22. The molecule has 0 bridgehead atoms. The van der Waals surface area contributed by atoms with Crippen molar-refractivity contribution < 1.29 is 23.0 Å². The van der Waals surface area contributed by atoms with E-state index >= 15 is 0 Å². The number of halogens is 2. The first-order valence-corrected chi connectivity index (χ1v) is 10.2. The molecule has 6 nitrogen and oxygen atoms in total. The Kier molecular flexibility index (Phi) is 7.04. The Hall–Kier alpha value is -2.94. The highest BCUT2D eigenvalue weighted by Crippen LogP contribution is 2.28. The highest BCUT2D eigenvalue weighted by atomic mass is 32.2. The highest BCUT2D eigenvalue weighted by Gasteiger charge is 2.19. The average molecular weight is 433 g/mol. The van der Waals surface area contributed by atoms with Crippen LogP contribution in [0.4, 0.5) is 8.78 Å². The van der Waals surface area contributed by atoms with Gasteiger partial charge in [-0.3, -0.25) is 4.79 Å². The van der Waals surface area contributed by atoms with Crippen LogP contribution in [0.2, 0.25) is 0 Å². The van der Waals surface area contributed by atoms with Gasteiger partial charge in [-0.25, -0.2) is 0 Å². The van der Waals surface area contributed by atoms with Gasteiger partial charge in [-0.2, -0.15) is 8.78 Å². The molecule has 0 atom stereocenters. The Bertz CT molecular complexity index is 1020. The van der Waals surface area contributed by atoms with Crippen LogP contribution in [0.25, 0.3) is 11.4 Å². The number of methoxy groups -OCH3 is 1. The fourth-order valence-electron chi connectivity index (χ4n) is 2.90. The third-order valence-electron chi connectivity index (χ3n) is 4.37. The smallest absolute Gasteiger partial charge is 0.387 e. The van der Waals surface area contributed by atoms with Gasteiger partial charge in [-0.1, -0.05) is 23.4 Å². The van der Waals surface area contributed by atoms with Crippen molar-refractivity contribution in [2.24, 2.45) is 0 Å². The molecule has 0 saturated heterocycles. The summed E-state index contributed by atoms with van der Waals surface area (Å²) in [7, 11) is 1.60. The van der Waals surface area contributed by atoms with E-state index in [9.17, 15) is 13.6 Å². The second-order valence-electron chi connectivity index (χ2n) is 6.37. The molecular weight excluding hydrogens is 412 g/mol. The third kappa shape index (κ3) is 4.96. The maximum Gasteiger partial charge on any atom is 0.387 e. The maximum atomic E-state index is 12.7. The van der Waals surface area contributed by atoms with E-state index in [0.717, 1.165) is 16.9 Å². The number of hydrogen-bond acceptors (Lipinski definition) is 6. The summed E-state index contributed by atoms with van der Waals surface area (Å²) in [6.07, 6.45) is 0. The van der Waals surface area contributed by atoms with Gasteiger partial charge in [-0.15, -0.1) is 10.2 Å². The minimum atomic E-state index is -3.00. The zero-order valence-corrected chi connectivity index (χ0v) is 17.6. The lowest BCUT2D eigenvalue weighted by Crippen LogP contribution is -2.10. The van der Waals surface area contributed by atoms with Crippen molar-refractivity contribution in [2.75, 3.05) is 12.9 Å². The number of aryl methyl sites for hydroxylation is 1. The van der Waals surface area contributed by atoms with Gasteiger partial charge in [0.15, 0.2) is 16.8 Å². The van der Waals surface area contributed by atoms with Crippen LogP contribution in [0.3, 0.4) is 0 Å². The van der Waals surface area contributed by atoms with E-state index in [-0.39, 0.29) is 22.8 Å². The summed E-state index contributed by atoms with van der Waals surface area (Å²) in [5.74, 6) is 0.978. The molecule has 0 saturated carbocycles. The van der Waals surface area contributed by atoms with Gasteiger partial charge in [0.1, 0.15) is 11.5 Å². The molecule has 158 valence electrons. The van der Waals surface area contributed by atoms with Gasteiger partial charge in [0, 0.05) is 12.1 Å². The normalized spacial score (nSPS) is 11.0. The van der Waals surface area contributed by atoms with Crippen LogP contribution in [0.15, 0.2) is 47.6 Å². The monoisotopic (exact) mass is 433 g/mol. The number of nitrogens with zero attached hydrogens (tertiary/aromatic N) is 3. The number of thioether (sulfide) groups is 1. The number of rotatable bonds is 9. The van der Waals surface area contributed by atoms with Crippen LogP contribution in [-0.2, 0) is 6.54 Å². The minimum absolute atomic E-state index is 0.0177. The van der Waals surface area contributed by atoms with Crippen LogP contribution in [0, 0.1) is 6.92 Å². The van der Waals surface area contributed by atoms with Crippen LogP contribution < -0.4 is 9.47 Å². The van der Waals surface area contributed by atoms with E-state index in [1.807, 2.05) is 35.8 Å². The molecule has 3 rings (SSSR count). The fraction of sp³-hybridized carbons (Fsp3) is 0.286. The zero-order chi connectivity index (χ0) is 21.7. The molecule has 0 aliphatic carbocycles. The molecule has 0 amide bonds. The van der Waals surface area contributed by atoms with Crippen molar-refractivity contribution in [3.63, 3.8) is 0 Å². The van der Waals surface area contributed by atoms with Crippen molar-refractivity contribution in [1.29, 1.82) is 0 Å². The number of ether oxygens (including phenoxy) is 2. The lowest BCUT2D eigenvalue weighted by atomic mass is 10.1.